The molecule has 1 N–H and O–H groups in total. The predicted molar refractivity (Wildman–Crippen MR) is 67.4 cm³/mol. The smallest absolute Gasteiger partial charge is 0.0676 e. The molecule has 1 aromatic heterocycles. The largest absolute Gasteiger partial charge is 0.313 e. The molecular formula is C13H23N3. The molecule has 0 aliphatic rings. The van der Waals surface area contributed by atoms with Crippen molar-refractivity contribution in [3.8, 4) is 0 Å². The Bertz CT molecular complexity index is 334. The highest BCUT2D eigenvalue weighted by molar-refractivity contribution is 5.24. The van der Waals surface area contributed by atoms with Crippen LogP contribution in [-0.4, -0.2) is 17.2 Å². The van der Waals surface area contributed by atoms with E-state index in [4.69, 9.17) is 0 Å². The van der Waals surface area contributed by atoms with Crippen LogP contribution in [0.1, 0.15) is 50.2 Å². The first kappa shape index (κ1) is 13.1. The maximum absolute atomic E-state index is 4.28. The lowest BCUT2D eigenvalue weighted by Gasteiger charge is -2.20. The zero-order valence-electron chi connectivity index (χ0n) is 11.0. The molecule has 0 aliphatic carbocycles. The molecule has 0 bridgehead atoms. The van der Waals surface area contributed by atoms with E-state index in [-0.39, 0.29) is 0 Å². The quantitative estimate of drug-likeness (QED) is 0.830. The Hall–Kier alpha value is -0.960. The highest BCUT2D eigenvalue weighted by atomic mass is 15.1. The number of rotatable bonds is 5. The van der Waals surface area contributed by atoms with Crippen LogP contribution in [0.15, 0.2) is 6.07 Å². The van der Waals surface area contributed by atoms with E-state index in [1.165, 1.54) is 5.56 Å². The fraction of sp³-hybridized carbons (Fsp3) is 0.692. The second-order valence-corrected chi connectivity index (χ2v) is 4.71. The van der Waals surface area contributed by atoms with Crippen molar-refractivity contribution in [3.05, 3.63) is 23.0 Å². The third kappa shape index (κ3) is 3.27. The zero-order valence-corrected chi connectivity index (χ0v) is 11.0. The number of hydrogen-bond acceptors (Lipinski definition) is 3. The summed E-state index contributed by atoms with van der Waals surface area (Å²) in [6.45, 7) is 8.62. The summed E-state index contributed by atoms with van der Waals surface area (Å²) in [7, 11) is 2.02. The third-order valence-corrected chi connectivity index (χ3v) is 2.79. The molecule has 0 aromatic carbocycles. The normalized spacial score (nSPS) is 13.1. The zero-order chi connectivity index (χ0) is 12.1. The fourth-order valence-corrected chi connectivity index (χ4v) is 1.98. The van der Waals surface area contributed by atoms with Crippen LogP contribution in [-0.2, 0) is 6.42 Å². The molecular weight excluding hydrogens is 198 g/mol. The summed E-state index contributed by atoms with van der Waals surface area (Å²) in [6, 6.07) is 2.55. The van der Waals surface area contributed by atoms with Crippen molar-refractivity contribution in [2.45, 2.75) is 46.6 Å². The van der Waals surface area contributed by atoms with Crippen LogP contribution in [0.4, 0.5) is 0 Å². The Kier molecular flexibility index (Phi) is 4.87. The Morgan fingerprint density at radius 3 is 2.50 bits per heavy atom. The fourth-order valence-electron chi connectivity index (χ4n) is 1.98. The van der Waals surface area contributed by atoms with Crippen LogP contribution < -0.4 is 5.32 Å². The Morgan fingerprint density at radius 2 is 2.00 bits per heavy atom. The van der Waals surface area contributed by atoms with Gasteiger partial charge in [0, 0.05) is 6.04 Å². The molecule has 0 aliphatic heterocycles. The minimum Gasteiger partial charge on any atom is -0.313 e. The van der Waals surface area contributed by atoms with Gasteiger partial charge in [0.15, 0.2) is 0 Å². The van der Waals surface area contributed by atoms with Gasteiger partial charge < -0.3 is 5.32 Å². The van der Waals surface area contributed by atoms with E-state index in [0.717, 1.165) is 24.2 Å². The maximum atomic E-state index is 4.28. The second kappa shape index (κ2) is 5.94. The number of nitrogens with zero attached hydrogens (tertiary/aromatic N) is 2. The van der Waals surface area contributed by atoms with Gasteiger partial charge in [-0.15, -0.1) is 0 Å². The molecule has 0 radical (unpaired) electrons. The van der Waals surface area contributed by atoms with Gasteiger partial charge in [-0.25, -0.2) is 0 Å². The second-order valence-electron chi connectivity index (χ2n) is 4.71. The molecule has 1 rings (SSSR count). The lowest BCUT2D eigenvalue weighted by molar-refractivity contribution is 0.452. The molecule has 0 fully saturated rings. The molecule has 16 heavy (non-hydrogen) atoms. The van der Waals surface area contributed by atoms with Gasteiger partial charge in [0.25, 0.3) is 0 Å². The summed E-state index contributed by atoms with van der Waals surface area (Å²) >= 11 is 0. The minimum absolute atomic E-state index is 0.393. The predicted octanol–water partition coefficient (Wildman–Crippen LogP) is 2.65. The first-order valence-electron chi connectivity index (χ1n) is 6.08. The molecule has 90 valence electrons. The first-order chi connectivity index (χ1) is 7.58. The molecule has 3 heteroatoms. The van der Waals surface area contributed by atoms with Crippen LogP contribution in [0.2, 0.25) is 0 Å². The Labute approximate surface area is 98.7 Å². The molecule has 3 nitrogen and oxygen atoms in total. The van der Waals surface area contributed by atoms with E-state index in [1.807, 2.05) is 14.0 Å². The van der Waals surface area contributed by atoms with Crippen molar-refractivity contribution in [1.82, 2.24) is 15.5 Å². The summed E-state index contributed by atoms with van der Waals surface area (Å²) in [4.78, 5) is 0. The van der Waals surface area contributed by atoms with Crippen LogP contribution in [0.25, 0.3) is 0 Å². The highest BCUT2D eigenvalue weighted by Gasteiger charge is 2.15. The van der Waals surface area contributed by atoms with E-state index in [9.17, 15) is 0 Å². The monoisotopic (exact) mass is 221 g/mol. The molecule has 1 unspecified atom stereocenters. The Balaban J connectivity index is 3.02. The van der Waals surface area contributed by atoms with Crippen LogP contribution in [0.3, 0.4) is 0 Å². The molecule has 1 atom stereocenters. The van der Waals surface area contributed by atoms with E-state index in [0.29, 0.717) is 12.0 Å². The minimum atomic E-state index is 0.393. The lowest BCUT2D eigenvalue weighted by Crippen LogP contribution is -2.21. The van der Waals surface area contributed by atoms with Gasteiger partial charge in [0.1, 0.15) is 0 Å². The van der Waals surface area contributed by atoms with Gasteiger partial charge in [-0.1, -0.05) is 20.8 Å². The number of aryl methyl sites for hydroxylation is 2. The van der Waals surface area contributed by atoms with Gasteiger partial charge >= 0.3 is 0 Å². The molecule has 0 spiro atoms. The van der Waals surface area contributed by atoms with Crippen LogP contribution >= 0.6 is 0 Å². The number of aromatic nitrogens is 2. The third-order valence-electron chi connectivity index (χ3n) is 2.79. The number of nitrogens with one attached hydrogen (secondary N) is 1. The summed E-state index contributed by atoms with van der Waals surface area (Å²) < 4.78 is 0. The molecule has 1 heterocycles. The number of hydrogen-bond donors (Lipinski definition) is 1. The van der Waals surface area contributed by atoms with E-state index < -0.39 is 0 Å². The van der Waals surface area contributed by atoms with Crippen molar-refractivity contribution in [1.29, 1.82) is 0 Å². The van der Waals surface area contributed by atoms with Gasteiger partial charge in [-0.3, -0.25) is 0 Å². The van der Waals surface area contributed by atoms with Gasteiger partial charge in [0.2, 0.25) is 0 Å². The molecule has 0 amide bonds. The van der Waals surface area contributed by atoms with Gasteiger partial charge in [-0.05, 0) is 44.4 Å². The highest BCUT2D eigenvalue weighted by Crippen LogP contribution is 2.23. The summed E-state index contributed by atoms with van der Waals surface area (Å²) in [5, 5.41) is 11.8. The molecule has 0 saturated heterocycles. The Morgan fingerprint density at radius 1 is 1.31 bits per heavy atom. The van der Waals surface area contributed by atoms with Crippen molar-refractivity contribution < 1.29 is 0 Å². The summed E-state index contributed by atoms with van der Waals surface area (Å²) in [6.07, 6.45) is 2.08. The van der Waals surface area contributed by atoms with Crippen molar-refractivity contribution in [3.63, 3.8) is 0 Å². The first-order valence-corrected chi connectivity index (χ1v) is 6.08. The van der Waals surface area contributed by atoms with Crippen molar-refractivity contribution in [2.24, 2.45) is 5.92 Å². The van der Waals surface area contributed by atoms with Gasteiger partial charge in [0.05, 0.1) is 11.4 Å². The molecule has 0 saturated carbocycles. The van der Waals surface area contributed by atoms with Crippen LogP contribution in [0.5, 0.6) is 0 Å². The van der Waals surface area contributed by atoms with Gasteiger partial charge in [-0.2, -0.15) is 10.2 Å². The lowest BCUT2D eigenvalue weighted by atomic mass is 9.95. The molecule has 1 aromatic rings. The van der Waals surface area contributed by atoms with Crippen LogP contribution in [0, 0.1) is 12.8 Å². The topological polar surface area (TPSA) is 37.8 Å². The van der Waals surface area contributed by atoms with Crippen molar-refractivity contribution >= 4 is 0 Å². The summed E-state index contributed by atoms with van der Waals surface area (Å²) in [5.74, 6) is 0.677. The van der Waals surface area contributed by atoms with E-state index >= 15 is 0 Å². The summed E-state index contributed by atoms with van der Waals surface area (Å²) in [5.41, 5.74) is 3.42. The SMILES string of the molecule is CCc1nnc(C)cc1C(CC(C)C)NC. The average molecular weight is 221 g/mol. The van der Waals surface area contributed by atoms with E-state index in [2.05, 4.69) is 42.4 Å². The standard InChI is InChI=1S/C13H23N3/c1-6-12-11(8-10(4)15-16-12)13(14-5)7-9(2)3/h8-9,13-14H,6-7H2,1-5H3. The average Bonchev–Trinajstić information content (AvgIpc) is 2.25. The maximum Gasteiger partial charge on any atom is 0.0676 e. The van der Waals surface area contributed by atoms with Crippen molar-refractivity contribution in [2.75, 3.05) is 7.05 Å². The van der Waals surface area contributed by atoms with E-state index in [1.54, 1.807) is 0 Å².